The molecule has 5 N–H and O–H groups in total. The number of quaternary nitrogens is 1. The highest BCUT2D eigenvalue weighted by atomic mass is 31.2. The van der Waals surface area contributed by atoms with E-state index in [0.717, 1.165) is 0 Å². The molecular weight excluding hydrogens is 418 g/mol. The maximum absolute atomic E-state index is 11.6. The summed E-state index contributed by atoms with van der Waals surface area (Å²) in [5.41, 5.74) is 0. The fraction of sp³-hybridized carbons (Fsp3) is 1.00. The van der Waals surface area contributed by atoms with Gasteiger partial charge in [0.1, 0.15) is 13.1 Å². The minimum absolute atomic E-state index is 0.0254. The van der Waals surface area contributed by atoms with E-state index in [-0.39, 0.29) is 39.5 Å². The molecule has 168 valence electrons. The maximum Gasteiger partial charge on any atom is 0.379 e. The summed E-state index contributed by atoms with van der Waals surface area (Å²) in [6.45, 7) is 3.78. The van der Waals surface area contributed by atoms with Gasteiger partial charge in [-0.05, 0) is 0 Å². The highest BCUT2D eigenvalue weighted by Gasteiger charge is 2.40. The van der Waals surface area contributed by atoms with Gasteiger partial charge in [-0.1, -0.05) is 0 Å². The van der Waals surface area contributed by atoms with E-state index in [1.165, 1.54) is 0 Å². The Balaban J connectivity index is 2.76. The van der Waals surface area contributed by atoms with Gasteiger partial charge in [0.2, 0.25) is 0 Å². The first-order valence-electron chi connectivity index (χ1n) is 9.08. The molecule has 0 amide bonds. The highest BCUT2D eigenvalue weighted by Crippen LogP contribution is 2.44. The Bertz CT molecular complexity index is 468. The number of hydrogen-bond acceptors (Lipinski definition) is 7. The van der Waals surface area contributed by atoms with Crippen molar-refractivity contribution in [2.45, 2.75) is 0 Å². The fourth-order valence-electron chi connectivity index (χ4n) is 2.79. The number of hydrogen-bond donors (Lipinski definition) is 5. The predicted octanol–water partition coefficient (Wildman–Crippen LogP) is -1.26. The largest absolute Gasteiger partial charge is 0.379 e. The number of ether oxygens (including phenoxy) is 4. The van der Waals surface area contributed by atoms with Crippen LogP contribution in [0.25, 0.3) is 0 Å². The van der Waals surface area contributed by atoms with Crippen LogP contribution in [0.4, 0.5) is 0 Å². The standard InChI is InChI=1S/C14H32N2O10P2/c17-27(18,19)13-16(14-28(20,21)22)3-7-25-11-9-23-5-1-15-2-6-24-10-12-26-8-4-16/h15H,1-14H2,(H3-,17,18,19,20,21,22)/p+1. The Morgan fingerprint density at radius 2 is 1.00 bits per heavy atom. The average molecular weight is 451 g/mol. The van der Waals surface area contributed by atoms with Crippen LogP contribution in [0.15, 0.2) is 0 Å². The Morgan fingerprint density at radius 1 is 0.643 bits per heavy atom. The molecule has 0 aromatic carbocycles. The van der Waals surface area contributed by atoms with Gasteiger partial charge in [-0.2, -0.15) is 0 Å². The third kappa shape index (κ3) is 14.1. The molecule has 0 atom stereocenters. The van der Waals surface area contributed by atoms with E-state index in [1.807, 2.05) is 0 Å². The molecule has 1 aliphatic heterocycles. The summed E-state index contributed by atoms with van der Waals surface area (Å²) in [6, 6.07) is 0. The number of nitrogens with one attached hydrogen (secondary N) is 1. The molecule has 28 heavy (non-hydrogen) atoms. The van der Waals surface area contributed by atoms with Crippen LogP contribution in [0.5, 0.6) is 0 Å². The molecule has 1 fully saturated rings. The molecule has 1 heterocycles. The van der Waals surface area contributed by atoms with Gasteiger partial charge in [-0.3, -0.25) is 13.6 Å². The minimum Gasteiger partial charge on any atom is -0.378 e. The smallest absolute Gasteiger partial charge is 0.378 e. The predicted molar refractivity (Wildman–Crippen MR) is 100.0 cm³/mol. The molecule has 0 radical (unpaired) electrons. The van der Waals surface area contributed by atoms with Crippen molar-refractivity contribution in [2.24, 2.45) is 0 Å². The van der Waals surface area contributed by atoms with E-state index in [1.54, 1.807) is 0 Å². The Morgan fingerprint density at radius 3 is 1.36 bits per heavy atom. The van der Waals surface area contributed by atoms with Gasteiger partial charge in [-0.15, -0.1) is 0 Å². The van der Waals surface area contributed by atoms with E-state index >= 15 is 0 Å². The van der Waals surface area contributed by atoms with Crippen molar-refractivity contribution in [1.82, 2.24) is 5.32 Å². The number of rotatable bonds is 4. The van der Waals surface area contributed by atoms with Crippen LogP contribution >= 0.6 is 15.2 Å². The second-order valence-electron chi connectivity index (χ2n) is 6.60. The van der Waals surface area contributed by atoms with Crippen LogP contribution in [0.3, 0.4) is 0 Å². The average Bonchev–Trinajstić information content (AvgIpc) is 2.54. The van der Waals surface area contributed by atoms with Crippen molar-refractivity contribution in [3.05, 3.63) is 0 Å². The zero-order valence-electron chi connectivity index (χ0n) is 16.0. The molecule has 0 aromatic rings. The molecule has 0 bridgehead atoms. The van der Waals surface area contributed by atoms with Gasteiger partial charge in [0.25, 0.3) is 0 Å². The van der Waals surface area contributed by atoms with E-state index < -0.39 is 32.2 Å². The molecule has 1 rings (SSSR count). The lowest BCUT2D eigenvalue weighted by Crippen LogP contribution is -2.53. The summed E-state index contributed by atoms with van der Waals surface area (Å²) in [7, 11) is -9.08. The second kappa shape index (κ2) is 13.4. The monoisotopic (exact) mass is 451 g/mol. The molecular formula is C14H33N2O10P2+. The van der Waals surface area contributed by atoms with Gasteiger partial charge in [0.15, 0.2) is 12.6 Å². The second-order valence-corrected chi connectivity index (χ2v) is 9.82. The topological polar surface area (TPSA) is 164 Å². The normalized spacial score (nSPS) is 22.9. The Kier molecular flexibility index (Phi) is 12.5. The third-order valence-electron chi connectivity index (χ3n) is 3.98. The minimum atomic E-state index is -4.54. The SMILES string of the molecule is O=P(O)(O)C[N+]1(CP(=O)(O)O)CCOCCOCCNCCOCCOCC1. The quantitative estimate of drug-likeness (QED) is 0.256. The summed E-state index contributed by atoms with van der Waals surface area (Å²) in [4.78, 5) is 37.8. The maximum atomic E-state index is 11.6. The lowest BCUT2D eigenvalue weighted by Gasteiger charge is -2.38. The lowest BCUT2D eigenvalue weighted by atomic mass is 10.4. The van der Waals surface area contributed by atoms with E-state index in [0.29, 0.717) is 39.5 Å². The molecule has 1 aliphatic rings. The molecule has 12 nitrogen and oxygen atoms in total. The van der Waals surface area contributed by atoms with E-state index in [9.17, 15) is 28.7 Å². The molecule has 0 saturated carbocycles. The van der Waals surface area contributed by atoms with Crippen LogP contribution in [0, 0.1) is 0 Å². The van der Waals surface area contributed by atoms with Gasteiger partial charge >= 0.3 is 15.2 Å². The lowest BCUT2D eigenvalue weighted by molar-refractivity contribution is -0.909. The van der Waals surface area contributed by atoms with Gasteiger partial charge in [-0.25, -0.2) is 0 Å². The van der Waals surface area contributed by atoms with Crippen LogP contribution in [0.2, 0.25) is 0 Å². The zero-order chi connectivity index (χ0) is 20.9. The van der Waals surface area contributed by atoms with E-state index in [4.69, 9.17) is 18.9 Å². The van der Waals surface area contributed by atoms with Crippen molar-refractivity contribution in [3.8, 4) is 0 Å². The molecule has 0 unspecified atom stereocenters. The molecule has 0 spiro atoms. The summed E-state index contributed by atoms with van der Waals surface area (Å²) < 4.78 is 44.4. The van der Waals surface area contributed by atoms with Gasteiger partial charge < -0.3 is 43.8 Å². The Labute approximate surface area is 165 Å². The summed E-state index contributed by atoms with van der Waals surface area (Å²) in [5.74, 6) is 0. The van der Waals surface area contributed by atoms with Gasteiger partial charge in [0, 0.05) is 13.1 Å². The van der Waals surface area contributed by atoms with Crippen LogP contribution < -0.4 is 5.32 Å². The first-order valence-corrected chi connectivity index (χ1v) is 12.7. The molecule has 1 saturated heterocycles. The molecule has 0 aliphatic carbocycles. The van der Waals surface area contributed by atoms with Crippen LogP contribution in [-0.4, -0.2) is 116 Å². The Hall–Kier alpha value is 0.0600. The number of nitrogens with zero attached hydrogens (tertiary/aromatic N) is 1. The van der Waals surface area contributed by atoms with Crippen molar-refractivity contribution in [2.75, 3.05) is 91.6 Å². The molecule has 0 aromatic heterocycles. The van der Waals surface area contributed by atoms with Crippen LogP contribution in [0.1, 0.15) is 0 Å². The third-order valence-corrected chi connectivity index (χ3v) is 5.92. The van der Waals surface area contributed by atoms with Crippen molar-refractivity contribution < 1.29 is 52.1 Å². The first-order chi connectivity index (χ1) is 13.1. The summed E-state index contributed by atoms with van der Waals surface area (Å²) >= 11 is 0. The summed E-state index contributed by atoms with van der Waals surface area (Å²) in [6.07, 6.45) is -1.41. The highest BCUT2D eigenvalue weighted by molar-refractivity contribution is 7.52. The van der Waals surface area contributed by atoms with Crippen LogP contribution in [-0.2, 0) is 28.1 Å². The summed E-state index contributed by atoms with van der Waals surface area (Å²) in [5, 5.41) is 3.16. The van der Waals surface area contributed by atoms with Crippen molar-refractivity contribution in [1.29, 1.82) is 0 Å². The van der Waals surface area contributed by atoms with E-state index in [2.05, 4.69) is 5.32 Å². The van der Waals surface area contributed by atoms with Gasteiger partial charge in [0.05, 0.1) is 52.9 Å². The fourth-order valence-corrected chi connectivity index (χ4v) is 5.28. The zero-order valence-corrected chi connectivity index (χ0v) is 17.8. The van der Waals surface area contributed by atoms with Crippen molar-refractivity contribution in [3.63, 3.8) is 0 Å². The molecule has 14 heteroatoms. The first kappa shape index (κ1) is 26.1. The van der Waals surface area contributed by atoms with Crippen molar-refractivity contribution >= 4 is 15.2 Å².